The topological polar surface area (TPSA) is 72.6 Å². The van der Waals surface area contributed by atoms with Crippen LogP contribution in [0.1, 0.15) is 0 Å². The predicted octanol–water partition coefficient (Wildman–Crippen LogP) is 0.779. The standard InChI is InChI=1S/C6H6NO4/c8-5-1-3-6(4-2-5)11-7(9)10/h1-4,6,8H. The van der Waals surface area contributed by atoms with E-state index in [2.05, 4.69) is 4.84 Å². The van der Waals surface area contributed by atoms with Gasteiger partial charge in [0.15, 0.2) is 0 Å². The monoisotopic (exact) mass is 156 g/mol. The van der Waals surface area contributed by atoms with E-state index < -0.39 is 11.2 Å². The molecule has 1 aliphatic rings. The fourth-order valence-electron chi connectivity index (χ4n) is 0.676. The third-order valence-electron chi connectivity index (χ3n) is 1.12. The lowest BCUT2D eigenvalue weighted by molar-refractivity contribution is -0.763. The molecule has 1 rings (SSSR count). The van der Waals surface area contributed by atoms with E-state index in [1.54, 1.807) is 0 Å². The fraction of sp³-hybridized carbons (Fsp3) is 0.167. The lowest BCUT2D eigenvalue weighted by Crippen LogP contribution is -2.16. The van der Waals surface area contributed by atoms with Crippen molar-refractivity contribution in [3.05, 3.63) is 40.5 Å². The van der Waals surface area contributed by atoms with E-state index in [4.69, 9.17) is 5.11 Å². The summed E-state index contributed by atoms with van der Waals surface area (Å²) in [5.41, 5.74) is 0. The maximum atomic E-state index is 9.80. The number of hydrogen-bond donors (Lipinski definition) is 1. The zero-order valence-corrected chi connectivity index (χ0v) is 5.51. The Labute approximate surface area is 62.7 Å². The van der Waals surface area contributed by atoms with Crippen LogP contribution >= 0.6 is 0 Å². The van der Waals surface area contributed by atoms with E-state index in [1.165, 1.54) is 24.6 Å². The number of rotatable bonds is 2. The zero-order chi connectivity index (χ0) is 8.27. The molecule has 0 aromatic heterocycles. The SMILES string of the molecule is O=[N+]([O-])OC1[CH]C=C(O)C=C1. The minimum Gasteiger partial charge on any atom is -0.508 e. The smallest absolute Gasteiger partial charge is 0.295 e. The van der Waals surface area contributed by atoms with E-state index in [0.29, 0.717) is 0 Å². The molecule has 0 aromatic carbocycles. The van der Waals surface area contributed by atoms with E-state index >= 15 is 0 Å². The zero-order valence-electron chi connectivity index (χ0n) is 5.51. The van der Waals surface area contributed by atoms with Crippen LogP contribution in [0.25, 0.3) is 0 Å². The van der Waals surface area contributed by atoms with Gasteiger partial charge in [-0.25, -0.2) is 0 Å². The van der Waals surface area contributed by atoms with Crippen molar-refractivity contribution in [1.29, 1.82) is 0 Å². The van der Waals surface area contributed by atoms with Crippen molar-refractivity contribution >= 4 is 0 Å². The molecule has 0 aromatic rings. The summed E-state index contributed by atoms with van der Waals surface area (Å²) in [4.78, 5) is 14.0. The van der Waals surface area contributed by atoms with Crippen LogP contribution in [0.3, 0.4) is 0 Å². The highest BCUT2D eigenvalue weighted by Gasteiger charge is 2.11. The average molecular weight is 156 g/mol. The minimum absolute atomic E-state index is 0.0631. The minimum atomic E-state index is -0.873. The molecule has 0 saturated carbocycles. The van der Waals surface area contributed by atoms with Gasteiger partial charge in [-0.2, -0.15) is 0 Å². The van der Waals surface area contributed by atoms with Crippen molar-refractivity contribution in [3.8, 4) is 0 Å². The molecular formula is C6H6NO4. The highest BCUT2D eigenvalue weighted by atomic mass is 17.0. The molecule has 0 saturated heterocycles. The van der Waals surface area contributed by atoms with Crippen molar-refractivity contribution in [2.75, 3.05) is 0 Å². The Kier molecular flexibility index (Phi) is 2.10. The van der Waals surface area contributed by atoms with Crippen LogP contribution in [0.5, 0.6) is 0 Å². The first-order chi connectivity index (χ1) is 5.18. The molecule has 0 spiro atoms. The summed E-state index contributed by atoms with van der Waals surface area (Å²) < 4.78 is 0. The molecule has 1 N–H and O–H groups in total. The Bertz CT molecular complexity index is 221. The van der Waals surface area contributed by atoms with E-state index in [9.17, 15) is 10.1 Å². The summed E-state index contributed by atoms with van der Waals surface area (Å²) in [6.45, 7) is 0. The van der Waals surface area contributed by atoms with Gasteiger partial charge in [-0.05, 0) is 12.2 Å². The molecule has 1 aliphatic carbocycles. The van der Waals surface area contributed by atoms with Gasteiger partial charge < -0.3 is 9.94 Å². The summed E-state index contributed by atoms with van der Waals surface area (Å²) in [5.74, 6) is 0.0631. The van der Waals surface area contributed by atoms with Gasteiger partial charge in [-0.1, -0.05) is 6.08 Å². The van der Waals surface area contributed by atoms with Crippen LogP contribution in [0, 0.1) is 16.5 Å². The van der Waals surface area contributed by atoms with Crippen LogP contribution in [0.2, 0.25) is 0 Å². The number of hydrogen-bond acceptors (Lipinski definition) is 4. The average Bonchev–Trinajstić information content (AvgIpc) is 1.93. The Hall–Kier alpha value is -1.52. The van der Waals surface area contributed by atoms with Crippen LogP contribution in [0.15, 0.2) is 24.0 Å². The fourth-order valence-corrected chi connectivity index (χ4v) is 0.676. The molecule has 1 atom stereocenters. The van der Waals surface area contributed by atoms with Crippen LogP contribution < -0.4 is 0 Å². The molecule has 0 fully saturated rings. The molecule has 0 bridgehead atoms. The maximum absolute atomic E-state index is 9.80. The molecule has 1 unspecified atom stereocenters. The second kappa shape index (κ2) is 3.05. The predicted molar refractivity (Wildman–Crippen MR) is 36.0 cm³/mol. The second-order valence-electron chi connectivity index (χ2n) is 1.94. The van der Waals surface area contributed by atoms with Crippen molar-refractivity contribution in [2.45, 2.75) is 6.10 Å². The number of aliphatic hydroxyl groups is 1. The summed E-state index contributed by atoms with van der Waals surface area (Å²) in [7, 11) is 0. The first-order valence-electron chi connectivity index (χ1n) is 2.92. The molecule has 1 radical (unpaired) electrons. The van der Waals surface area contributed by atoms with Crippen molar-refractivity contribution < 1.29 is 15.0 Å². The Morgan fingerprint density at radius 3 is 2.91 bits per heavy atom. The number of allylic oxidation sites excluding steroid dienone is 1. The van der Waals surface area contributed by atoms with Gasteiger partial charge in [0, 0.05) is 6.42 Å². The number of aliphatic hydroxyl groups excluding tert-OH is 1. The molecule has 5 nitrogen and oxygen atoms in total. The Balaban J connectivity index is 2.43. The normalized spacial score (nSPS) is 22.5. The van der Waals surface area contributed by atoms with Crippen molar-refractivity contribution in [3.63, 3.8) is 0 Å². The van der Waals surface area contributed by atoms with Crippen LogP contribution in [-0.4, -0.2) is 16.3 Å². The maximum Gasteiger partial charge on any atom is 0.295 e. The van der Waals surface area contributed by atoms with E-state index in [-0.39, 0.29) is 5.76 Å². The van der Waals surface area contributed by atoms with Gasteiger partial charge in [-0.15, -0.1) is 10.1 Å². The number of nitrogens with zero attached hydrogens (tertiary/aromatic N) is 1. The first-order valence-corrected chi connectivity index (χ1v) is 2.92. The molecular weight excluding hydrogens is 150 g/mol. The molecule has 5 heteroatoms. The molecule has 59 valence electrons. The third-order valence-corrected chi connectivity index (χ3v) is 1.12. The van der Waals surface area contributed by atoms with Crippen molar-refractivity contribution in [2.24, 2.45) is 0 Å². The van der Waals surface area contributed by atoms with Gasteiger partial charge in [-0.3, -0.25) is 0 Å². The van der Waals surface area contributed by atoms with Gasteiger partial charge >= 0.3 is 0 Å². The summed E-state index contributed by atoms with van der Waals surface area (Å²) in [5, 5.41) is 17.7. The lowest BCUT2D eigenvalue weighted by Gasteiger charge is -2.10. The Morgan fingerprint density at radius 2 is 2.45 bits per heavy atom. The summed E-state index contributed by atoms with van der Waals surface area (Å²) in [6.07, 6.45) is 4.78. The molecule has 0 amide bonds. The molecule has 0 heterocycles. The van der Waals surface area contributed by atoms with Gasteiger partial charge in [0.25, 0.3) is 5.09 Å². The van der Waals surface area contributed by atoms with E-state index in [1.807, 2.05) is 0 Å². The highest BCUT2D eigenvalue weighted by Crippen LogP contribution is 2.09. The van der Waals surface area contributed by atoms with Crippen LogP contribution in [-0.2, 0) is 4.84 Å². The first kappa shape index (κ1) is 7.59. The van der Waals surface area contributed by atoms with Gasteiger partial charge in [0.1, 0.15) is 11.9 Å². The lowest BCUT2D eigenvalue weighted by atomic mass is 10.1. The quantitative estimate of drug-likeness (QED) is 0.473. The third kappa shape index (κ3) is 2.29. The van der Waals surface area contributed by atoms with Gasteiger partial charge in [0.2, 0.25) is 0 Å². The van der Waals surface area contributed by atoms with Crippen molar-refractivity contribution in [1.82, 2.24) is 0 Å². The summed E-state index contributed by atoms with van der Waals surface area (Å²) >= 11 is 0. The van der Waals surface area contributed by atoms with Crippen LogP contribution in [0.4, 0.5) is 0 Å². The molecule has 11 heavy (non-hydrogen) atoms. The Morgan fingerprint density at radius 1 is 1.73 bits per heavy atom. The molecule has 0 aliphatic heterocycles. The highest BCUT2D eigenvalue weighted by molar-refractivity contribution is 5.24. The second-order valence-corrected chi connectivity index (χ2v) is 1.94. The summed E-state index contributed by atoms with van der Waals surface area (Å²) in [6, 6.07) is 0. The van der Waals surface area contributed by atoms with E-state index in [0.717, 1.165) is 0 Å². The van der Waals surface area contributed by atoms with Gasteiger partial charge in [0.05, 0.1) is 0 Å². The largest absolute Gasteiger partial charge is 0.508 e.